The van der Waals surface area contributed by atoms with E-state index in [0.717, 1.165) is 12.0 Å². The first-order chi connectivity index (χ1) is 13.7. The molecule has 3 aliphatic rings. The summed E-state index contributed by atoms with van der Waals surface area (Å²) in [6.45, 7) is 12.4. The van der Waals surface area contributed by atoms with E-state index in [2.05, 4.69) is 18.7 Å². The Morgan fingerprint density at radius 2 is 1.79 bits per heavy atom. The molecule has 0 aromatic heterocycles. The van der Waals surface area contributed by atoms with Gasteiger partial charge in [0.25, 0.3) is 0 Å². The topological polar surface area (TPSA) is 55.4 Å². The fourth-order valence-electron chi connectivity index (χ4n) is 4.49. The van der Waals surface area contributed by atoms with Gasteiger partial charge in [-0.1, -0.05) is 36.4 Å². The summed E-state index contributed by atoms with van der Waals surface area (Å²) in [7, 11) is 0. The van der Waals surface area contributed by atoms with Gasteiger partial charge in [-0.15, -0.1) is 6.58 Å². The van der Waals surface area contributed by atoms with Gasteiger partial charge >= 0.3 is 0 Å². The third-order valence-electron chi connectivity index (χ3n) is 5.76. The first-order valence-corrected chi connectivity index (χ1v) is 10.4. The van der Waals surface area contributed by atoms with Gasteiger partial charge in [-0.25, -0.2) is 0 Å². The number of ether oxygens (including phenoxy) is 6. The quantitative estimate of drug-likeness (QED) is 0.642. The Bertz CT molecular complexity index is 717. The summed E-state index contributed by atoms with van der Waals surface area (Å²) >= 11 is 0. The number of hydrogen-bond acceptors (Lipinski definition) is 6. The predicted octanol–water partition coefficient (Wildman–Crippen LogP) is 3.94. The van der Waals surface area contributed by atoms with E-state index in [4.69, 9.17) is 28.4 Å². The molecule has 3 fully saturated rings. The highest BCUT2D eigenvalue weighted by molar-refractivity contribution is 5.15. The van der Waals surface area contributed by atoms with Crippen LogP contribution in [0.5, 0.6) is 0 Å². The van der Waals surface area contributed by atoms with Gasteiger partial charge in [-0.3, -0.25) is 0 Å². The molecule has 0 aliphatic carbocycles. The largest absolute Gasteiger partial charge is 0.365 e. The Kier molecular flexibility index (Phi) is 5.61. The van der Waals surface area contributed by atoms with Crippen LogP contribution in [0, 0.1) is 0 Å². The highest BCUT2D eigenvalue weighted by atomic mass is 16.9. The number of hydrogen-bond donors (Lipinski definition) is 0. The van der Waals surface area contributed by atoms with E-state index in [1.165, 1.54) is 0 Å². The van der Waals surface area contributed by atoms with Crippen molar-refractivity contribution in [2.45, 2.75) is 88.9 Å². The molecule has 3 aliphatic heterocycles. The smallest absolute Gasteiger partial charge is 0.190 e. The lowest BCUT2D eigenvalue weighted by Gasteiger charge is -2.40. The number of allylic oxidation sites excluding steroid dienone is 1. The van der Waals surface area contributed by atoms with Crippen LogP contribution in [0.1, 0.15) is 46.1 Å². The molecule has 0 bridgehead atoms. The normalized spacial score (nSPS) is 37.5. The molecular formula is C23H32O6. The molecule has 4 rings (SSSR count). The van der Waals surface area contributed by atoms with Crippen molar-refractivity contribution in [2.24, 2.45) is 0 Å². The molecular weight excluding hydrogens is 372 g/mol. The van der Waals surface area contributed by atoms with Crippen LogP contribution in [0.25, 0.3) is 0 Å². The second-order valence-corrected chi connectivity index (χ2v) is 8.90. The van der Waals surface area contributed by atoms with Crippen molar-refractivity contribution in [3.05, 3.63) is 48.6 Å². The molecule has 1 aromatic rings. The molecule has 6 nitrogen and oxygen atoms in total. The minimum Gasteiger partial charge on any atom is -0.365 e. The highest BCUT2D eigenvalue weighted by Gasteiger charge is 2.67. The Morgan fingerprint density at radius 1 is 1.03 bits per heavy atom. The lowest BCUT2D eigenvalue weighted by molar-refractivity contribution is -0.258. The summed E-state index contributed by atoms with van der Waals surface area (Å²) in [4.78, 5) is 0. The van der Waals surface area contributed by atoms with Crippen LogP contribution in [-0.4, -0.2) is 48.4 Å². The van der Waals surface area contributed by atoms with Crippen molar-refractivity contribution in [1.82, 2.24) is 0 Å². The molecule has 5 atom stereocenters. The molecule has 0 radical (unpaired) electrons. The Labute approximate surface area is 173 Å². The summed E-state index contributed by atoms with van der Waals surface area (Å²) in [5.74, 6) is -1.39. The summed E-state index contributed by atoms with van der Waals surface area (Å²) in [5, 5.41) is 0. The maximum absolute atomic E-state index is 6.67. The van der Waals surface area contributed by atoms with Gasteiger partial charge < -0.3 is 28.4 Å². The molecule has 0 spiro atoms. The molecule has 3 heterocycles. The molecule has 0 amide bonds. The van der Waals surface area contributed by atoms with E-state index in [9.17, 15) is 0 Å². The molecule has 3 saturated heterocycles. The fraction of sp³-hybridized carbons (Fsp3) is 0.652. The van der Waals surface area contributed by atoms with Crippen LogP contribution < -0.4 is 0 Å². The molecule has 0 unspecified atom stereocenters. The summed E-state index contributed by atoms with van der Waals surface area (Å²) in [6, 6.07) is 10.1. The van der Waals surface area contributed by atoms with E-state index in [-0.39, 0.29) is 18.3 Å². The molecule has 160 valence electrons. The number of rotatable bonds is 7. The Hall–Kier alpha value is -1.28. The third-order valence-corrected chi connectivity index (χ3v) is 5.76. The monoisotopic (exact) mass is 404 g/mol. The van der Waals surface area contributed by atoms with Gasteiger partial charge in [0.1, 0.15) is 23.9 Å². The van der Waals surface area contributed by atoms with Crippen LogP contribution in [-0.2, 0) is 35.0 Å². The van der Waals surface area contributed by atoms with Crippen LogP contribution in [0.4, 0.5) is 0 Å². The van der Waals surface area contributed by atoms with E-state index >= 15 is 0 Å². The third kappa shape index (κ3) is 4.15. The van der Waals surface area contributed by atoms with Crippen molar-refractivity contribution in [2.75, 3.05) is 6.61 Å². The lowest BCUT2D eigenvalue weighted by atomic mass is 9.84. The molecule has 0 N–H and O–H groups in total. The number of fused-ring (bicyclic) bond motifs is 1. The van der Waals surface area contributed by atoms with Crippen molar-refractivity contribution in [3.8, 4) is 0 Å². The molecule has 6 heteroatoms. The van der Waals surface area contributed by atoms with Gasteiger partial charge in [0, 0.05) is 0 Å². The molecule has 0 saturated carbocycles. The van der Waals surface area contributed by atoms with Crippen LogP contribution in [0.2, 0.25) is 0 Å². The van der Waals surface area contributed by atoms with Crippen molar-refractivity contribution in [1.29, 1.82) is 0 Å². The number of benzene rings is 1. The summed E-state index contributed by atoms with van der Waals surface area (Å²) < 4.78 is 37.4. The molecule has 29 heavy (non-hydrogen) atoms. The molecule has 1 aromatic carbocycles. The van der Waals surface area contributed by atoms with E-state index in [1.807, 2.05) is 52.0 Å². The first-order valence-electron chi connectivity index (χ1n) is 10.4. The van der Waals surface area contributed by atoms with Crippen molar-refractivity contribution >= 4 is 0 Å². The van der Waals surface area contributed by atoms with Gasteiger partial charge in [0.15, 0.2) is 17.9 Å². The van der Waals surface area contributed by atoms with Crippen LogP contribution in [0.15, 0.2) is 43.0 Å². The van der Waals surface area contributed by atoms with E-state index in [0.29, 0.717) is 19.6 Å². The van der Waals surface area contributed by atoms with Crippen molar-refractivity contribution in [3.63, 3.8) is 0 Å². The van der Waals surface area contributed by atoms with Gasteiger partial charge in [0.2, 0.25) is 0 Å². The van der Waals surface area contributed by atoms with E-state index in [1.54, 1.807) is 0 Å². The SMILES string of the molecule is C=CCC[C@@]1(OCc2ccccc2)[C@@H]([C@H]2COC(C)(C)O2)O[C@@H]2OC(C)(C)O[C@@H]21. The van der Waals surface area contributed by atoms with Gasteiger partial charge in [0.05, 0.1) is 13.2 Å². The second-order valence-electron chi connectivity index (χ2n) is 8.90. The van der Waals surface area contributed by atoms with Crippen LogP contribution >= 0.6 is 0 Å². The predicted molar refractivity (Wildman–Crippen MR) is 107 cm³/mol. The lowest BCUT2D eigenvalue weighted by Crippen LogP contribution is -2.55. The summed E-state index contributed by atoms with van der Waals surface area (Å²) in [6.07, 6.45) is 1.83. The maximum atomic E-state index is 6.67. The minimum atomic E-state index is -0.739. The zero-order valence-electron chi connectivity index (χ0n) is 17.8. The Balaban J connectivity index is 1.65. The van der Waals surface area contributed by atoms with Crippen molar-refractivity contribution < 1.29 is 28.4 Å². The van der Waals surface area contributed by atoms with Crippen LogP contribution in [0.3, 0.4) is 0 Å². The Morgan fingerprint density at radius 3 is 2.45 bits per heavy atom. The average Bonchev–Trinajstić information content (AvgIpc) is 3.28. The zero-order chi connectivity index (χ0) is 20.7. The minimum absolute atomic E-state index is 0.272. The fourth-order valence-corrected chi connectivity index (χ4v) is 4.49. The second kappa shape index (κ2) is 7.76. The van der Waals surface area contributed by atoms with Gasteiger partial charge in [-0.05, 0) is 46.1 Å². The van der Waals surface area contributed by atoms with E-state index < -0.39 is 23.5 Å². The maximum Gasteiger partial charge on any atom is 0.190 e. The highest BCUT2D eigenvalue weighted by Crippen LogP contribution is 2.50. The van der Waals surface area contributed by atoms with Gasteiger partial charge in [-0.2, -0.15) is 0 Å². The standard InChI is InChI=1S/C23H32O6/c1-6-7-13-23(25-14-16-11-9-8-10-12-16)18(17-15-24-21(2,3)27-17)26-20-19(23)28-22(4,5)29-20/h6,8-12,17-20H,1,7,13-15H2,2-5H3/t17-,18-,19+,20-,23-/m1/s1. The summed E-state index contributed by atoms with van der Waals surface area (Å²) in [5.41, 5.74) is 0.353. The average molecular weight is 405 g/mol. The first kappa shape index (κ1) is 21.0. The zero-order valence-corrected chi connectivity index (χ0v) is 17.8.